The second-order valence-corrected chi connectivity index (χ2v) is 4.61. The number of hydrogen-bond donors (Lipinski definition) is 3. The number of nitrogens with zero attached hydrogens (tertiary/aromatic N) is 2. The van der Waals surface area contributed by atoms with E-state index < -0.39 is 6.23 Å². The minimum Gasteiger partial charge on any atom is -0.392 e. The quantitative estimate of drug-likeness (QED) is 0.552. The van der Waals surface area contributed by atoms with Gasteiger partial charge in [-0.05, 0) is 19.1 Å². The molecule has 7 nitrogen and oxygen atoms in total. The van der Waals surface area contributed by atoms with E-state index in [9.17, 15) is 9.90 Å². The number of amides is 1. The molecular formula is C14H18N4O3. The maximum absolute atomic E-state index is 12.6. The van der Waals surface area contributed by atoms with Crippen LogP contribution in [0.2, 0.25) is 0 Å². The van der Waals surface area contributed by atoms with Crippen LogP contribution < -0.4 is 5.43 Å². The van der Waals surface area contributed by atoms with Crippen molar-refractivity contribution in [2.45, 2.75) is 13.2 Å². The Kier molecular flexibility index (Phi) is 5.02. The lowest BCUT2D eigenvalue weighted by molar-refractivity contribution is -0.00460. The zero-order valence-electron chi connectivity index (χ0n) is 11.7. The molecule has 0 bridgehead atoms. The third kappa shape index (κ3) is 3.45. The zero-order valence-corrected chi connectivity index (χ0v) is 11.7. The highest BCUT2D eigenvalue weighted by Gasteiger charge is 2.30. The average Bonchev–Trinajstić information content (AvgIpc) is 2.96. The number of hydrogen-bond acceptors (Lipinski definition) is 6. The number of aliphatic hydroxyl groups is 1. The summed E-state index contributed by atoms with van der Waals surface area (Å²) in [6, 6.07) is 5.38. The second kappa shape index (κ2) is 6.96. The van der Waals surface area contributed by atoms with Crippen molar-refractivity contribution >= 4 is 24.0 Å². The molecule has 1 aromatic carbocycles. The summed E-state index contributed by atoms with van der Waals surface area (Å²) in [6.45, 7) is 2.52. The standard InChI is InChI=1S/C14H18N4O3/c1-10-2-3-12(17-16-5-4-15)11(8-10)14(20)18-6-7-21-13(18)9-19/h2-5,8,13,15,17,19H,6-7,9H2,1H3/b15-4?,16-5-. The van der Waals surface area contributed by atoms with Crippen LogP contribution in [0.4, 0.5) is 5.69 Å². The number of hydrazone groups is 1. The second-order valence-electron chi connectivity index (χ2n) is 4.61. The van der Waals surface area contributed by atoms with Gasteiger partial charge >= 0.3 is 0 Å². The fourth-order valence-electron chi connectivity index (χ4n) is 2.14. The number of aliphatic hydroxyl groups excluding tert-OH is 1. The topological polar surface area (TPSA) is 98.0 Å². The third-order valence-corrected chi connectivity index (χ3v) is 3.15. The first-order valence-corrected chi connectivity index (χ1v) is 6.59. The largest absolute Gasteiger partial charge is 0.392 e. The molecule has 2 rings (SSSR count). The molecule has 1 aliphatic heterocycles. The Bertz CT molecular complexity index is 559. The van der Waals surface area contributed by atoms with Gasteiger partial charge in [0, 0.05) is 12.8 Å². The summed E-state index contributed by atoms with van der Waals surface area (Å²) in [4.78, 5) is 14.1. The summed E-state index contributed by atoms with van der Waals surface area (Å²) in [7, 11) is 0. The van der Waals surface area contributed by atoms with Crippen LogP contribution in [-0.2, 0) is 4.74 Å². The maximum atomic E-state index is 12.6. The molecule has 1 amide bonds. The van der Waals surface area contributed by atoms with E-state index in [1.54, 1.807) is 12.1 Å². The Morgan fingerprint density at radius 1 is 1.67 bits per heavy atom. The lowest BCUT2D eigenvalue weighted by Crippen LogP contribution is -2.38. The van der Waals surface area contributed by atoms with E-state index in [2.05, 4.69) is 10.5 Å². The fourth-order valence-corrected chi connectivity index (χ4v) is 2.14. The van der Waals surface area contributed by atoms with Crippen LogP contribution in [0.3, 0.4) is 0 Å². The number of nitrogens with one attached hydrogen (secondary N) is 2. The van der Waals surface area contributed by atoms with Crippen LogP contribution in [0.5, 0.6) is 0 Å². The van der Waals surface area contributed by atoms with Gasteiger partial charge in [0.2, 0.25) is 0 Å². The highest BCUT2D eigenvalue weighted by molar-refractivity contribution is 6.14. The van der Waals surface area contributed by atoms with Crippen molar-refractivity contribution in [2.24, 2.45) is 5.10 Å². The van der Waals surface area contributed by atoms with Gasteiger partial charge in [-0.1, -0.05) is 11.6 Å². The van der Waals surface area contributed by atoms with Gasteiger partial charge in [0.1, 0.15) is 0 Å². The number of carbonyl (C=O) groups is 1. The van der Waals surface area contributed by atoms with Crippen LogP contribution in [0, 0.1) is 12.3 Å². The van der Waals surface area contributed by atoms with E-state index in [0.717, 1.165) is 11.8 Å². The molecule has 1 saturated heterocycles. The van der Waals surface area contributed by atoms with Crippen LogP contribution in [-0.4, -0.2) is 54.3 Å². The number of anilines is 1. The molecule has 1 aliphatic rings. The number of ether oxygens (including phenoxy) is 1. The number of rotatable bonds is 5. The first-order chi connectivity index (χ1) is 10.2. The molecule has 0 saturated carbocycles. The SMILES string of the molecule is Cc1ccc(N/N=C\C=N)c(C(=O)N2CCOC2CO)c1. The van der Waals surface area contributed by atoms with Crippen molar-refractivity contribution < 1.29 is 14.6 Å². The fraction of sp³-hybridized carbons (Fsp3) is 0.357. The summed E-state index contributed by atoms with van der Waals surface area (Å²) in [5.74, 6) is -0.220. The van der Waals surface area contributed by atoms with Gasteiger partial charge in [-0.2, -0.15) is 5.10 Å². The summed E-state index contributed by atoms with van der Waals surface area (Å²) < 4.78 is 5.30. The summed E-state index contributed by atoms with van der Waals surface area (Å²) >= 11 is 0. The number of carbonyl (C=O) groups excluding carboxylic acids is 1. The average molecular weight is 290 g/mol. The smallest absolute Gasteiger partial charge is 0.258 e. The van der Waals surface area contributed by atoms with Crippen molar-refractivity contribution in [3.8, 4) is 0 Å². The molecule has 1 fully saturated rings. The van der Waals surface area contributed by atoms with E-state index in [1.807, 2.05) is 13.0 Å². The molecule has 21 heavy (non-hydrogen) atoms. The molecule has 0 aromatic heterocycles. The van der Waals surface area contributed by atoms with Crippen molar-refractivity contribution in [3.63, 3.8) is 0 Å². The van der Waals surface area contributed by atoms with E-state index >= 15 is 0 Å². The van der Waals surface area contributed by atoms with E-state index in [-0.39, 0.29) is 12.5 Å². The molecule has 7 heteroatoms. The molecule has 0 aliphatic carbocycles. The predicted molar refractivity (Wildman–Crippen MR) is 79.9 cm³/mol. The van der Waals surface area contributed by atoms with Crippen LogP contribution in [0.25, 0.3) is 0 Å². The maximum Gasteiger partial charge on any atom is 0.258 e. The molecule has 1 aromatic rings. The van der Waals surface area contributed by atoms with Gasteiger partial charge in [-0.3, -0.25) is 10.2 Å². The first kappa shape index (κ1) is 15.1. The normalized spacial score (nSPS) is 18.2. The molecular weight excluding hydrogens is 272 g/mol. The third-order valence-electron chi connectivity index (χ3n) is 3.15. The summed E-state index contributed by atoms with van der Waals surface area (Å²) in [5, 5.41) is 20.0. The Morgan fingerprint density at radius 2 is 2.48 bits per heavy atom. The minimum atomic E-state index is -0.601. The van der Waals surface area contributed by atoms with E-state index in [0.29, 0.717) is 24.4 Å². The number of aryl methyl sites for hydroxylation is 1. The lowest BCUT2D eigenvalue weighted by Gasteiger charge is -2.22. The zero-order chi connectivity index (χ0) is 15.2. The Morgan fingerprint density at radius 3 is 3.19 bits per heavy atom. The monoisotopic (exact) mass is 290 g/mol. The molecule has 1 atom stereocenters. The summed E-state index contributed by atoms with van der Waals surface area (Å²) in [5.41, 5.74) is 4.70. The van der Waals surface area contributed by atoms with Crippen molar-refractivity contribution in [2.75, 3.05) is 25.2 Å². The van der Waals surface area contributed by atoms with Gasteiger partial charge in [0.05, 0.1) is 30.7 Å². The Labute approximate surface area is 122 Å². The van der Waals surface area contributed by atoms with Gasteiger partial charge in [-0.15, -0.1) is 0 Å². The first-order valence-electron chi connectivity index (χ1n) is 6.59. The minimum absolute atomic E-state index is 0.220. The van der Waals surface area contributed by atoms with Gasteiger partial charge in [0.15, 0.2) is 6.23 Å². The lowest BCUT2D eigenvalue weighted by atomic mass is 10.1. The predicted octanol–water partition coefficient (Wildman–Crippen LogP) is 0.833. The molecule has 0 spiro atoms. The van der Waals surface area contributed by atoms with Crippen molar-refractivity contribution in [3.05, 3.63) is 29.3 Å². The Hall–Kier alpha value is -2.25. The van der Waals surface area contributed by atoms with Gasteiger partial charge in [0.25, 0.3) is 5.91 Å². The number of benzene rings is 1. The van der Waals surface area contributed by atoms with Crippen molar-refractivity contribution in [1.29, 1.82) is 5.41 Å². The highest BCUT2D eigenvalue weighted by Crippen LogP contribution is 2.22. The highest BCUT2D eigenvalue weighted by atomic mass is 16.5. The molecule has 1 unspecified atom stereocenters. The Balaban J connectivity index is 2.28. The molecule has 1 heterocycles. The molecule has 0 radical (unpaired) electrons. The van der Waals surface area contributed by atoms with Crippen molar-refractivity contribution in [1.82, 2.24) is 4.90 Å². The van der Waals surface area contributed by atoms with E-state index in [4.69, 9.17) is 10.1 Å². The van der Waals surface area contributed by atoms with Crippen LogP contribution >= 0.6 is 0 Å². The van der Waals surface area contributed by atoms with Crippen LogP contribution in [0.1, 0.15) is 15.9 Å². The van der Waals surface area contributed by atoms with Gasteiger partial charge < -0.3 is 20.2 Å². The van der Waals surface area contributed by atoms with Gasteiger partial charge in [-0.25, -0.2) is 0 Å². The molecule has 112 valence electrons. The molecule has 3 N–H and O–H groups in total. The van der Waals surface area contributed by atoms with Crippen LogP contribution in [0.15, 0.2) is 23.3 Å². The van der Waals surface area contributed by atoms with E-state index in [1.165, 1.54) is 11.1 Å². The summed E-state index contributed by atoms with van der Waals surface area (Å²) in [6.07, 6.45) is 1.72.